The Morgan fingerprint density at radius 1 is 1.26 bits per heavy atom. The van der Waals surface area contributed by atoms with E-state index in [9.17, 15) is 5.11 Å². The molecule has 0 aromatic heterocycles. The lowest BCUT2D eigenvalue weighted by atomic mass is 10.1. The molecule has 23 heavy (non-hydrogen) atoms. The van der Waals surface area contributed by atoms with Crippen LogP contribution >= 0.6 is 0 Å². The summed E-state index contributed by atoms with van der Waals surface area (Å²) in [4.78, 5) is 5.37. The fraction of sp³-hybridized carbons (Fsp3) is 0.526. The topological polar surface area (TPSA) is 53.8 Å². The molecule has 1 fully saturated rings. The smallest absolute Gasteiger partial charge is 0.144 e. The van der Waals surface area contributed by atoms with Gasteiger partial charge in [0.25, 0.3) is 0 Å². The quantitative estimate of drug-likeness (QED) is 0.791. The molecule has 1 aliphatic rings. The largest absolute Gasteiger partial charge is 0.393 e. The first-order valence-electron chi connectivity index (χ1n) is 8.32. The summed E-state index contributed by atoms with van der Waals surface area (Å²) in [5.74, 6) is 0. The van der Waals surface area contributed by atoms with Crippen LogP contribution in [-0.2, 0) is 4.84 Å². The number of nitrogens with one attached hydrogen (secondary N) is 1. The highest BCUT2D eigenvalue weighted by atomic mass is 16.6. The maximum Gasteiger partial charge on any atom is 0.144 e. The van der Waals surface area contributed by atoms with Crippen molar-refractivity contribution in [3.8, 4) is 0 Å². The first kappa shape index (κ1) is 17.7. The first-order valence-corrected chi connectivity index (χ1v) is 8.32. The van der Waals surface area contributed by atoms with E-state index in [0.717, 1.165) is 25.0 Å². The zero-order valence-corrected chi connectivity index (χ0v) is 14.4. The molecule has 0 aliphatic heterocycles. The maximum absolute atomic E-state index is 9.92. The van der Waals surface area contributed by atoms with E-state index in [1.54, 1.807) is 0 Å². The average Bonchev–Trinajstić information content (AvgIpc) is 2.93. The molecule has 1 saturated carbocycles. The second-order valence-electron chi connectivity index (χ2n) is 7.05. The van der Waals surface area contributed by atoms with E-state index in [2.05, 4.69) is 49.5 Å². The standard InChI is InChI=1S/C19H28N2O2/c1-19(2,3)20-13-17(22)14-23-21-18-11-7-10-16(18)12-15-8-5-4-6-9-15/h4-6,8-9,12,17,20,22H,7,10-11,13-14H2,1-3H3/b16-12+,21-18+/t17-/m0/s1. The van der Waals surface area contributed by atoms with E-state index in [1.165, 1.54) is 11.1 Å². The molecule has 2 N–H and O–H groups in total. The monoisotopic (exact) mass is 316 g/mol. The molecular weight excluding hydrogens is 288 g/mol. The van der Waals surface area contributed by atoms with Crippen molar-refractivity contribution in [3.05, 3.63) is 41.5 Å². The Bertz CT molecular complexity index is 544. The summed E-state index contributed by atoms with van der Waals surface area (Å²) in [6.07, 6.45) is 4.70. The van der Waals surface area contributed by atoms with Crippen LogP contribution in [0.5, 0.6) is 0 Å². The van der Waals surface area contributed by atoms with Crippen LogP contribution in [0.25, 0.3) is 6.08 Å². The number of aliphatic hydroxyl groups excluding tert-OH is 1. The fourth-order valence-electron chi connectivity index (χ4n) is 2.45. The van der Waals surface area contributed by atoms with E-state index < -0.39 is 6.10 Å². The van der Waals surface area contributed by atoms with E-state index >= 15 is 0 Å². The third-order valence-corrected chi connectivity index (χ3v) is 3.68. The van der Waals surface area contributed by atoms with Gasteiger partial charge >= 0.3 is 0 Å². The Labute approximate surface area is 139 Å². The minimum absolute atomic E-state index is 0.0100. The van der Waals surface area contributed by atoms with Gasteiger partial charge in [0, 0.05) is 12.1 Å². The molecule has 0 bridgehead atoms. The molecule has 0 radical (unpaired) electrons. The Kier molecular flexibility index (Phi) is 6.37. The highest BCUT2D eigenvalue weighted by molar-refractivity contribution is 6.05. The van der Waals surface area contributed by atoms with Gasteiger partial charge in [-0.1, -0.05) is 35.5 Å². The second-order valence-corrected chi connectivity index (χ2v) is 7.05. The van der Waals surface area contributed by atoms with E-state index in [0.29, 0.717) is 6.54 Å². The molecule has 126 valence electrons. The lowest BCUT2D eigenvalue weighted by Gasteiger charge is -2.22. The molecule has 4 nitrogen and oxygen atoms in total. The average molecular weight is 316 g/mol. The Balaban J connectivity index is 1.85. The van der Waals surface area contributed by atoms with Crippen LogP contribution in [0.4, 0.5) is 0 Å². The number of benzene rings is 1. The minimum atomic E-state index is -0.554. The molecule has 0 amide bonds. The number of β-amino-alcohol motifs (C(OH)–C–C–N with tert-alkyl or cyclic N) is 1. The summed E-state index contributed by atoms with van der Waals surface area (Å²) in [6, 6.07) is 10.3. The van der Waals surface area contributed by atoms with Crippen LogP contribution in [0, 0.1) is 0 Å². The van der Waals surface area contributed by atoms with Gasteiger partial charge in [-0.05, 0) is 57.2 Å². The van der Waals surface area contributed by atoms with Crippen LogP contribution < -0.4 is 5.32 Å². The maximum atomic E-state index is 9.92. The summed E-state index contributed by atoms with van der Waals surface area (Å²) < 4.78 is 0. The number of rotatable bonds is 6. The lowest BCUT2D eigenvalue weighted by molar-refractivity contribution is 0.0372. The van der Waals surface area contributed by atoms with Gasteiger partial charge in [-0.25, -0.2) is 0 Å². The van der Waals surface area contributed by atoms with Crippen molar-refractivity contribution >= 4 is 11.8 Å². The fourth-order valence-corrected chi connectivity index (χ4v) is 2.45. The highest BCUT2D eigenvalue weighted by Gasteiger charge is 2.17. The van der Waals surface area contributed by atoms with Crippen molar-refractivity contribution in [1.29, 1.82) is 0 Å². The zero-order valence-electron chi connectivity index (χ0n) is 14.4. The number of allylic oxidation sites excluding steroid dienone is 1. The van der Waals surface area contributed by atoms with Crippen molar-refractivity contribution in [2.75, 3.05) is 13.2 Å². The highest BCUT2D eigenvalue weighted by Crippen LogP contribution is 2.24. The molecule has 0 spiro atoms. The van der Waals surface area contributed by atoms with Gasteiger partial charge in [0.05, 0.1) is 5.71 Å². The van der Waals surface area contributed by atoms with Gasteiger partial charge in [0.15, 0.2) is 0 Å². The van der Waals surface area contributed by atoms with Crippen molar-refractivity contribution in [3.63, 3.8) is 0 Å². The van der Waals surface area contributed by atoms with E-state index in [1.807, 2.05) is 18.2 Å². The molecule has 1 atom stereocenters. The molecule has 2 rings (SSSR count). The molecule has 0 saturated heterocycles. The normalized spacial score (nSPS) is 20.2. The van der Waals surface area contributed by atoms with Gasteiger partial charge in [-0.3, -0.25) is 0 Å². The van der Waals surface area contributed by atoms with Crippen molar-refractivity contribution in [2.24, 2.45) is 5.16 Å². The zero-order chi connectivity index (χ0) is 16.7. The number of hydrogen-bond donors (Lipinski definition) is 2. The van der Waals surface area contributed by atoms with E-state index in [-0.39, 0.29) is 12.1 Å². The van der Waals surface area contributed by atoms with Gasteiger partial charge in [-0.2, -0.15) is 0 Å². The summed E-state index contributed by atoms with van der Waals surface area (Å²) in [5.41, 5.74) is 3.42. The van der Waals surface area contributed by atoms with Gasteiger partial charge in [-0.15, -0.1) is 0 Å². The van der Waals surface area contributed by atoms with Gasteiger partial charge in [0.1, 0.15) is 12.7 Å². The molecule has 0 heterocycles. The summed E-state index contributed by atoms with van der Waals surface area (Å²) in [6.45, 7) is 6.92. The molecule has 1 aromatic rings. The van der Waals surface area contributed by atoms with Crippen LogP contribution in [0.15, 0.2) is 41.1 Å². The van der Waals surface area contributed by atoms with Gasteiger partial charge in [0.2, 0.25) is 0 Å². The molecule has 1 aliphatic carbocycles. The molecule has 0 unspecified atom stereocenters. The molecule has 4 heteroatoms. The van der Waals surface area contributed by atoms with Crippen molar-refractivity contribution in [2.45, 2.75) is 51.7 Å². The first-order chi connectivity index (χ1) is 10.9. The third-order valence-electron chi connectivity index (χ3n) is 3.68. The predicted octanol–water partition coefficient (Wildman–Crippen LogP) is 3.38. The predicted molar refractivity (Wildman–Crippen MR) is 95.4 cm³/mol. The van der Waals surface area contributed by atoms with Crippen LogP contribution in [0.2, 0.25) is 0 Å². The summed E-state index contributed by atoms with van der Waals surface area (Å²) in [5, 5.41) is 17.4. The van der Waals surface area contributed by atoms with Crippen molar-refractivity contribution < 1.29 is 9.94 Å². The Morgan fingerprint density at radius 2 is 2.00 bits per heavy atom. The van der Waals surface area contributed by atoms with Crippen LogP contribution in [0.3, 0.4) is 0 Å². The Morgan fingerprint density at radius 3 is 2.70 bits per heavy atom. The molecular formula is C19H28N2O2. The SMILES string of the molecule is CC(C)(C)NC[C@H](O)CO/N=C1\CCC\C1=C/c1ccccc1. The minimum Gasteiger partial charge on any atom is -0.393 e. The summed E-state index contributed by atoms with van der Waals surface area (Å²) >= 11 is 0. The third kappa shape index (κ3) is 6.55. The number of aliphatic hydroxyl groups is 1. The van der Waals surface area contributed by atoms with E-state index in [4.69, 9.17) is 4.84 Å². The second kappa shape index (κ2) is 8.27. The van der Waals surface area contributed by atoms with Crippen LogP contribution in [0.1, 0.15) is 45.6 Å². The lowest BCUT2D eigenvalue weighted by Crippen LogP contribution is -2.42. The van der Waals surface area contributed by atoms with Gasteiger partial charge < -0.3 is 15.3 Å². The number of nitrogens with zero attached hydrogens (tertiary/aromatic N) is 1. The number of hydrogen-bond acceptors (Lipinski definition) is 4. The van der Waals surface area contributed by atoms with Crippen molar-refractivity contribution in [1.82, 2.24) is 5.32 Å². The molecule has 1 aromatic carbocycles. The Hall–Kier alpha value is -1.65. The number of oxime groups is 1. The van der Waals surface area contributed by atoms with Crippen LogP contribution in [-0.4, -0.2) is 35.6 Å². The summed E-state index contributed by atoms with van der Waals surface area (Å²) in [7, 11) is 0.